The van der Waals surface area contributed by atoms with Gasteiger partial charge in [-0.3, -0.25) is 0 Å². The number of sulfonamides is 1. The van der Waals surface area contributed by atoms with Crippen LogP contribution in [0.25, 0.3) is 0 Å². The summed E-state index contributed by atoms with van der Waals surface area (Å²) in [6.45, 7) is 0.961. The quantitative estimate of drug-likeness (QED) is 0.763. The molecule has 2 fully saturated rings. The van der Waals surface area contributed by atoms with Crippen molar-refractivity contribution in [1.29, 1.82) is 0 Å². The Morgan fingerprint density at radius 1 is 1.10 bits per heavy atom. The van der Waals surface area contributed by atoms with E-state index in [0.717, 1.165) is 25.5 Å². The summed E-state index contributed by atoms with van der Waals surface area (Å²) in [5.41, 5.74) is 6.05. The highest BCUT2D eigenvalue weighted by molar-refractivity contribution is 7.93. The lowest BCUT2D eigenvalue weighted by Crippen LogP contribution is -2.39. The van der Waals surface area contributed by atoms with E-state index in [9.17, 15) is 16.8 Å². The van der Waals surface area contributed by atoms with Gasteiger partial charge < -0.3 is 5.73 Å². The number of sulfone groups is 1. The van der Waals surface area contributed by atoms with Crippen LogP contribution in [0, 0.1) is 11.8 Å². The molecule has 6 nitrogen and oxygen atoms in total. The number of hydrogen-bond donors (Lipinski definition) is 1. The van der Waals surface area contributed by atoms with Crippen molar-refractivity contribution in [2.24, 2.45) is 17.6 Å². The van der Waals surface area contributed by atoms with Gasteiger partial charge in [0.2, 0.25) is 10.0 Å². The van der Waals surface area contributed by atoms with Gasteiger partial charge in [-0.05, 0) is 24.7 Å². The van der Waals surface area contributed by atoms with Crippen molar-refractivity contribution in [3.63, 3.8) is 0 Å². The summed E-state index contributed by atoms with van der Waals surface area (Å²) in [6.07, 6.45) is 4.09. The number of fused-ring (bicyclic) bond motifs is 1. The van der Waals surface area contributed by atoms with Crippen LogP contribution in [0.5, 0.6) is 0 Å². The maximum Gasteiger partial charge on any atom is 0.215 e. The van der Waals surface area contributed by atoms with Crippen LogP contribution >= 0.6 is 12.4 Å². The summed E-state index contributed by atoms with van der Waals surface area (Å²) in [7, 11) is -6.73. The number of rotatable bonds is 4. The zero-order valence-electron chi connectivity index (χ0n) is 11.6. The van der Waals surface area contributed by atoms with Crippen LogP contribution in [0.2, 0.25) is 0 Å². The van der Waals surface area contributed by atoms with E-state index in [0.29, 0.717) is 19.0 Å². The van der Waals surface area contributed by atoms with E-state index in [-0.39, 0.29) is 35.9 Å². The van der Waals surface area contributed by atoms with E-state index < -0.39 is 19.9 Å². The van der Waals surface area contributed by atoms with Crippen LogP contribution in [-0.4, -0.2) is 58.0 Å². The smallest absolute Gasteiger partial charge is 0.215 e. The molecule has 9 heteroatoms. The van der Waals surface area contributed by atoms with Gasteiger partial charge in [0.1, 0.15) is 9.84 Å². The Morgan fingerprint density at radius 3 is 2.30 bits per heavy atom. The van der Waals surface area contributed by atoms with E-state index in [1.54, 1.807) is 0 Å². The molecule has 0 bridgehead atoms. The monoisotopic (exact) mass is 346 g/mol. The SMILES string of the molecule is CS(=O)(=O)CCS(=O)(=O)N1CC2CCCC(N)C2C1.Cl. The number of nitrogens with zero attached hydrogens (tertiary/aromatic N) is 1. The maximum atomic E-state index is 12.2. The Hall–Kier alpha value is 0.110. The van der Waals surface area contributed by atoms with Crippen LogP contribution in [0.1, 0.15) is 19.3 Å². The molecular formula is C11H23ClN2O4S2. The molecule has 20 heavy (non-hydrogen) atoms. The molecule has 2 N–H and O–H groups in total. The largest absolute Gasteiger partial charge is 0.327 e. The van der Waals surface area contributed by atoms with E-state index >= 15 is 0 Å². The Morgan fingerprint density at radius 2 is 1.75 bits per heavy atom. The fraction of sp³-hybridized carbons (Fsp3) is 1.00. The first-order valence-corrected chi connectivity index (χ1v) is 10.3. The number of nitrogens with two attached hydrogens (primary N) is 1. The van der Waals surface area contributed by atoms with E-state index in [1.165, 1.54) is 4.31 Å². The molecule has 0 amide bonds. The van der Waals surface area contributed by atoms with Crippen molar-refractivity contribution in [1.82, 2.24) is 4.31 Å². The molecule has 2 aliphatic rings. The zero-order valence-corrected chi connectivity index (χ0v) is 14.0. The third kappa shape index (κ3) is 4.30. The van der Waals surface area contributed by atoms with Gasteiger partial charge in [0, 0.05) is 25.4 Å². The normalized spacial score (nSPS) is 31.6. The summed E-state index contributed by atoms with van der Waals surface area (Å²) >= 11 is 0. The highest BCUT2D eigenvalue weighted by Gasteiger charge is 2.42. The minimum Gasteiger partial charge on any atom is -0.327 e. The highest BCUT2D eigenvalue weighted by Crippen LogP contribution is 2.36. The minimum atomic E-state index is -3.48. The van der Waals surface area contributed by atoms with Gasteiger partial charge in [-0.25, -0.2) is 21.1 Å². The third-order valence-corrected chi connectivity index (χ3v) is 7.23. The molecule has 1 saturated carbocycles. The lowest BCUT2D eigenvalue weighted by molar-refractivity contribution is 0.260. The van der Waals surface area contributed by atoms with E-state index in [2.05, 4.69) is 0 Å². The lowest BCUT2D eigenvalue weighted by atomic mass is 9.78. The molecule has 120 valence electrons. The van der Waals surface area contributed by atoms with Crippen molar-refractivity contribution in [2.45, 2.75) is 25.3 Å². The van der Waals surface area contributed by atoms with Gasteiger partial charge in [-0.2, -0.15) is 0 Å². The molecule has 0 aromatic carbocycles. The third-order valence-electron chi connectivity index (χ3n) is 4.23. The molecule has 0 aromatic heterocycles. The van der Waals surface area contributed by atoms with Crippen molar-refractivity contribution < 1.29 is 16.8 Å². The Bertz CT molecular complexity index is 535. The number of hydrogen-bond acceptors (Lipinski definition) is 5. The van der Waals surface area contributed by atoms with Crippen LogP contribution in [-0.2, 0) is 19.9 Å². The van der Waals surface area contributed by atoms with Crippen molar-refractivity contribution in [3.8, 4) is 0 Å². The maximum absolute atomic E-state index is 12.2. The Balaban J connectivity index is 0.00000200. The first kappa shape index (κ1) is 18.2. The fourth-order valence-electron chi connectivity index (χ4n) is 3.09. The number of halogens is 1. The highest BCUT2D eigenvalue weighted by atomic mass is 35.5. The summed E-state index contributed by atoms with van der Waals surface area (Å²) in [5.74, 6) is -0.0493. The molecule has 0 aromatic rings. The van der Waals surface area contributed by atoms with Crippen molar-refractivity contribution in [3.05, 3.63) is 0 Å². The lowest BCUT2D eigenvalue weighted by Gasteiger charge is -2.29. The molecule has 0 radical (unpaired) electrons. The van der Waals surface area contributed by atoms with E-state index in [1.807, 2.05) is 0 Å². The second-order valence-corrected chi connectivity index (χ2v) is 10.1. The Labute approximate surface area is 127 Å². The second-order valence-electron chi connectivity index (χ2n) is 5.78. The molecule has 2 rings (SSSR count). The molecule has 1 aliphatic heterocycles. The fourth-order valence-corrected chi connectivity index (χ4v) is 6.22. The van der Waals surface area contributed by atoms with Crippen molar-refractivity contribution in [2.75, 3.05) is 30.9 Å². The van der Waals surface area contributed by atoms with Crippen LogP contribution in [0.15, 0.2) is 0 Å². The topological polar surface area (TPSA) is 97.5 Å². The van der Waals surface area contributed by atoms with Gasteiger partial charge in [0.05, 0.1) is 11.5 Å². The van der Waals surface area contributed by atoms with Crippen LogP contribution < -0.4 is 5.73 Å². The van der Waals surface area contributed by atoms with Crippen LogP contribution in [0.4, 0.5) is 0 Å². The van der Waals surface area contributed by atoms with Gasteiger partial charge in [-0.1, -0.05) is 6.42 Å². The van der Waals surface area contributed by atoms with Gasteiger partial charge >= 0.3 is 0 Å². The summed E-state index contributed by atoms with van der Waals surface area (Å²) in [4.78, 5) is 0. The molecule has 1 heterocycles. The predicted molar refractivity (Wildman–Crippen MR) is 81.1 cm³/mol. The molecule has 1 aliphatic carbocycles. The standard InChI is InChI=1S/C11H22N2O4S2.ClH/c1-18(14,15)5-6-19(16,17)13-7-9-3-2-4-11(12)10(9)8-13;/h9-11H,2-8,12H2,1H3;1H. The summed E-state index contributed by atoms with van der Waals surface area (Å²) in [6, 6.07) is 0.0776. The minimum absolute atomic E-state index is 0. The van der Waals surface area contributed by atoms with Gasteiger partial charge in [-0.15, -0.1) is 12.4 Å². The molecule has 1 saturated heterocycles. The van der Waals surface area contributed by atoms with Gasteiger partial charge in [0.25, 0.3) is 0 Å². The summed E-state index contributed by atoms with van der Waals surface area (Å²) < 4.78 is 47.9. The van der Waals surface area contributed by atoms with Crippen LogP contribution in [0.3, 0.4) is 0 Å². The average molecular weight is 347 g/mol. The zero-order chi connectivity index (χ0) is 14.3. The average Bonchev–Trinajstić information content (AvgIpc) is 2.72. The summed E-state index contributed by atoms with van der Waals surface area (Å²) in [5, 5.41) is 0. The molecular weight excluding hydrogens is 324 g/mol. The first-order chi connectivity index (χ1) is 8.69. The molecule has 3 unspecified atom stereocenters. The predicted octanol–water partition coefficient (Wildman–Crippen LogP) is -0.158. The van der Waals surface area contributed by atoms with E-state index in [4.69, 9.17) is 5.73 Å². The van der Waals surface area contributed by atoms with Gasteiger partial charge in [0.15, 0.2) is 0 Å². The van der Waals surface area contributed by atoms with Crippen molar-refractivity contribution >= 4 is 32.3 Å². The Kier molecular flexibility index (Phi) is 5.88. The first-order valence-electron chi connectivity index (χ1n) is 6.60. The molecule has 0 spiro atoms. The molecule has 3 atom stereocenters. The second kappa shape index (κ2) is 6.48.